The molecule has 2 aromatic carbocycles. The lowest BCUT2D eigenvalue weighted by Gasteiger charge is -2.21. The zero-order valence-corrected chi connectivity index (χ0v) is 10.8. The number of benzene rings is 2. The SMILES string of the molecule is CN(Cc1ccccc1)CC(N)c1ccccc1. The first kappa shape index (κ1) is 12.8. The summed E-state index contributed by atoms with van der Waals surface area (Å²) in [4.78, 5) is 2.26. The predicted molar refractivity (Wildman–Crippen MR) is 76.1 cm³/mol. The molecule has 0 radical (unpaired) electrons. The summed E-state index contributed by atoms with van der Waals surface area (Å²) in [7, 11) is 2.11. The average molecular weight is 240 g/mol. The summed E-state index contributed by atoms with van der Waals surface area (Å²) >= 11 is 0. The van der Waals surface area contributed by atoms with Crippen molar-refractivity contribution in [3.05, 3.63) is 71.8 Å². The molecule has 0 aliphatic carbocycles. The lowest BCUT2D eigenvalue weighted by Crippen LogP contribution is -2.28. The van der Waals surface area contributed by atoms with Gasteiger partial charge in [-0.15, -0.1) is 0 Å². The van der Waals surface area contributed by atoms with Crippen molar-refractivity contribution in [1.29, 1.82) is 0 Å². The second-order valence-corrected chi connectivity index (χ2v) is 4.70. The van der Waals surface area contributed by atoms with Crippen molar-refractivity contribution in [2.45, 2.75) is 12.6 Å². The number of hydrogen-bond donors (Lipinski definition) is 1. The Morgan fingerprint density at radius 3 is 2.11 bits per heavy atom. The van der Waals surface area contributed by atoms with Gasteiger partial charge < -0.3 is 10.6 Å². The van der Waals surface area contributed by atoms with E-state index in [9.17, 15) is 0 Å². The van der Waals surface area contributed by atoms with E-state index < -0.39 is 0 Å². The molecule has 2 nitrogen and oxygen atoms in total. The quantitative estimate of drug-likeness (QED) is 0.870. The van der Waals surface area contributed by atoms with Gasteiger partial charge >= 0.3 is 0 Å². The maximum absolute atomic E-state index is 6.21. The summed E-state index contributed by atoms with van der Waals surface area (Å²) in [6, 6.07) is 20.8. The maximum Gasteiger partial charge on any atom is 0.0424 e. The highest BCUT2D eigenvalue weighted by Crippen LogP contribution is 2.12. The molecule has 2 N–H and O–H groups in total. The molecule has 0 heterocycles. The zero-order valence-electron chi connectivity index (χ0n) is 10.8. The van der Waals surface area contributed by atoms with E-state index in [2.05, 4.69) is 48.3 Å². The van der Waals surface area contributed by atoms with E-state index in [4.69, 9.17) is 5.73 Å². The molecular formula is C16H20N2. The third-order valence-corrected chi connectivity index (χ3v) is 3.03. The predicted octanol–water partition coefficient (Wildman–Crippen LogP) is 2.82. The first-order valence-corrected chi connectivity index (χ1v) is 6.28. The molecule has 18 heavy (non-hydrogen) atoms. The van der Waals surface area contributed by atoms with Gasteiger partial charge in [-0.3, -0.25) is 0 Å². The van der Waals surface area contributed by atoms with E-state index in [1.54, 1.807) is 0 Å². The normalized spacial score (nSPS) is 12.6. The fourth-order valence-electron chi connectivity index (χ4n) is 2.10. The van der Waals surface area contributed by atoms with E-state index in [-0.39, 0.29) is 6.04 Å². The van der Waals surface area contributed by atoms with Crippen LogP contribution in [0.2, 0.25) is 0 Å². The Bertz CT molecular complexity index is 453. The zero-order chi connectivity index (χ0) is 12.8. The van der Waals surface area contributed by atoms with Crippen LogP contribution < -0.4 is 5.73 Å². The van der Waals surface area contributed by atoms with E-state index in [1.165, 1.54) is 11.1 Å². The standard InChI is InChI=1S/C16H20N2/c1-18(12-14-8-4-2-5-9-14)13-16(17)15-10-6-3-7-11-15/h2-11,16H,12-13,17H2,1H3. The van der Waals surface area contributed by atoms with Crippen LogP contribution in [0.4, 0.5) is 0 Å². The lowest BCUT2D eigenvalue weighted by atomic mass is 10.1. The Labute approximate surface area is 109 Å². The first-order valence-electron chi connectivity index (χ1n) is 6.28. The molecule has 1 atom stereocenters. The highest BCUT2D eigenvalue weighted by Gasteiger charge is 2.08. The summed E-state index contributed by atoms with van der Waals surface area (Å²) in [5.41, 5.74) is 8.72. The Morgan fingerprint density at radius 1 is 0.944 bits per heavy atom. The summed E-state index contributed by atoms with van der Waals surface area (Å²) in [6.45, 7) is 1.79. The molecule has 0 fully saturated rings. The Morgan fingerprint density at radius 2 is 1.50 bits per heavy atom. The van der Waals surface area contributed by atoms with Crippen LogP contribution in [-0.4, -0.2) is 18.5 Å². The molecule has 0 amide bonds. The second-order valence-electron chi connectivity index (χ2n) is 4.70. The van der Waals surface area contributed by atoms with Crippen molar-refractivity contribution in [3.63, 3.8) is 0 Å². The third kappa shape index (κ3) is 3.69. The minimum absolute atomic E-state index is 0.0694. The van der Waals surface area contributed by atoms with Crippen molar-refractivity contribution in [3.8, 4) is 0 Å². The maximum atomic E-state index is 6.21. The van der Waals surface area contributed by atoms with Crippen molar-refractivity contribution in [2.24, 2.45) is 5.73 Å². The van der Waals surface area contributed by atoms with E-state index in [0.29, 0.717) is 0 Å². The molecule has 2 heteroatoms. The number of likely N-dealkylation sites (N-methyl/N-ethyl adjacent to an activating group) is 1. The van der Waals surface area contributed by atoms with Gasteiger partial charge in [0.15, 0.2) is 0 Å². The molecule has 0 saturated carbocycles. The molecule has 2 aromatic rings. The smallest absolute Gasteiger partial charge is 0.0424 e. The molecule has 0 aliphatic rings. The van der Waals surface area contributed by atoms with E-state index in [1.807, 2.05) is 24.3 Å². The van der Waals surface area contributed by atoms with Crippen LogP contribution in [0.25, 0.3) is 0 Å². The number of rotatable bonds is 5. The van der Waals surface area contributed by atoms with Crippen LogP contribution in [0.3, 0.4) is 0 Å². The topological polar surface area (TPSA) is 29.3 Å². The molecule has 0 aliphatic heterocycles. The van der Waals surface area contributed by atoms with Gasteiger partial charge in [0, 0.05) is 19.1 Å². The van der Waals surface area contributed by atoms with Crippen LogP contribution >= 0.6 is 0 Å². The highest BCUT2D eigenvalue weighted by molar-refractivity contribution is 5.19. The van der Waals surface area contributed by atoms with Gasteiger partial charge in [-0.1, -0.05) is 60.7 Å². The Kier molecular flexibility index (Phi) is 4.51. The van der Waals surface area contributed by atoms with Crippen LogP contribution in [0.15, 0.2) is 60.7 Å². The van der Waals surface area contributed by atoms with Gasteiger partial charge in [-0.2, -0.15) is 0 Å². The van der Waals surface area contributed by atoms with Crippen LogP contribution in [-0.2, 0) is 6.54 Å². The number of nitrogens with zero attached hydrogens (tertiary/aromatic N) is 1. The van der Waals surface area contributed by atoms with Gasteiger partial charge in [-0.05, 0) is 18.2 Å². The van der Waals surface area contributed by atoms with Crippen molar-refractivity contribution >= 4 is 0 Å². The highest BCUT2D eigenvalue weighted by atomic mass is 15.1. The fraction of sp³-hybridized carbons (Fsp3) is 0.250. The van der Waals surface area contributed by atoms with Gasteiger partial charge in [0.05, 0.1) is 0 Å². The van der Waals surface area contributed by atoms with Crippen molar-refractivity contribution < 1.29 is 0 Å². The molecule has 0 saturated heterocycles. The summed E-state index contributed by atoms with van der Waals surface area (Å²) < 4.78 is 0. The molecule has 1 unspecified atom stereocenters. The summed E-state index contributed by atoms with van der Waals surface area (Å²) in [6.07, 6.45) is 0. The molecular weight excluding hydrogens is 220 g/mol. The van der Waals surface area contributed by atoms with Crippen LogP contribution in [0.5, 0.6) is 0 Å². The lowest BCUT2D eigenvalue weighted by molar-refractivity contribution is 0.305. The molecule has 94 valence electrons. The Balaban J connectivity index is 1.90. The van der Waals surface area contributed by atoms with Gasteiger partial charge in [0.1, 0.15) is 0 Å². The Hall–Kier alpha value is -1.64. The monoisotopic (exact) mass is 240 g/mol. The van der Waals surface area contributed by atoms with Crippen LogP contribution in [0, 0.1) is 0 Å². The summed E-state index contributed by atoms with van der Waals surface area (Å²) in [5, 5.41) is 0. The van der Waals surface area contributed by atoms with E-state index >= 15 is 0 Å². The van der Waals surface area contributed by atoms with Gasteiger partial charge in [-0.25, -0.2) is 0 Å². The van der Waals surface area contributed by atoms with Crippen LogP contribution in [0.1, 0.15) is 17.2 Å². The first-order chi connectivity index (χ1) is 8.75. The second kappa shape index (κ2) is 6.34. The number of nitrogens with two attached hydrogens (primary N) is 1. The average Bonchev–Trinajstić information content (AvgIpc) is 2.40. The molecule has 2 rings (SSSR count). The van der Waals surface area contributed by atoms with E-state index in [0.717, 1.165) is 13.1 Å². The number of hydrogen-bond acceptors (Lipinski definition) is 2. The fourth-order valence-corrected chi connectivity index (χ4v) is 2.10. The third-order valence-electron chi connectivity index (χ3n) is 3.03. The summed E-state index contributed by atoms with van der Waals surface area (Å²) in [5.74, 6) is 0. The van der Waals surface area contributed by atoms with Gasteiger partial charge in [0.2, 0.25) is 0 Å². The largest absolute Gasteiger partial charge is 0.323 e. The minimum Gasteiger partial charge on any atom is -0.323 e. The minimum atomic E-state index is 0.0694. The molecule has 0 spiro atoms. The molecule has 0 bridgehead atoms. The van der Waals surface area contributed by atoms with Crippen molar-refractivity contribution in [2.75, 3.05) is 13.6 Å². The van der Waals surface area contributed by atoms with Gasteiger partial charge in [0.25, 0.3) is 0 Å². The van der Waals surface area contributed by atoms with Crippen molar-refractivity contribution in [1.82, 2.24) is 4.90 Å². The molecule has 0 aromatic heterocycles.